The summed E-state index contributed by atoms with van der Waals surface area (Å²) in [5.41, 5.74) is 1.66. The van der Waals surface area contributed by atoms with Crippen LogP contribution in [0.4, 0.5) is 5.69 Å². The summed E-state index contributed by atoms with van der Waals surface area (Å²) in [5, 5.41) is 12.1. The number of aryl methyl sites for hydroxylation is 1. The molecule has 0 aliphatic heterocycles. The molecule has 0 unspecified atom stereocenters. The number of furan rings is 1. The molecule has 5 heteroatoms. The zero-order valence-corrected chi connectivity index (χ0v) is 10.8. The Balaban J connectivity index is 2.12. The number of aromatic carboxylic acids is 1. The molecule has 2 N–H and O–H groups in total. The van der Waals surface area contributed by atoms with Crippen molar-refractivity contribution in [2.75, 3.05) is 12.4 Å². The number of carboxylic acids is 1. The lowest BCUT2D eigenvalue weighted by Crippen LogP contribution is -2.01. The van der Waals surface area contributed by atoms with Crippen molar-refractivity contribution < 1.29 is 19.1 Å². The number of nitrogens with one attached hydrogen (secondary N) is 1. The molecule has 0 saturated carbocycles. The van der Waals surface area contributed by atoms with E-state index in [4.69, 9.17) is 14.3 Å². The maximum atomic E-state index is 10.8. The van der Waals surface area contributed by atoms with Crippen LogP contribution in [0.5, 0.6) is 5.75 Å². The number of ether oxygens (including phenoxy) is 1. The van der Waals surface area contributed by atoms with E-state index in [1.807, 2.05) is 24.3 Å². The monoisotopic (exact) mass is 261 g/mol. The van der Waals surface area contributed by atoms with Crippen LogP contribution >= 0.6 is 0 Å². The number of methoxy groups -OCH3 is 1. The van der Waals surface area contributed by atoms with E-state index < -0.39 is 5.97 Å². The van der Waals surface area contributed by atoms with Crippen molar-refractivity contribution in [3.05, 3.63) is 47.4 Å². The van der Waals surface area contributed by atoms with Crippen molar-refractivity contribution in [3.8, 4) is 5.75 Å². The number of anilines is 1. The average Bonchev–Trinajstić information content (AvgIpc) is 2.78. The molecule has 0 atom stereocenters. The largest absolute Gasteiger partial charge is 0.495 e. The number of rotatable bonds is 5. The van der Waals surface area contributed by atoms with E-state index in [9.17, 15) is 4.79 Å². The van der Waals surface area contributed by atoms with Crippen LogP contribution in [0.15, 0.2) is 34.7 Å². The minimum atomic E-state index is -1.06. The second-order valence-electron chi connectivity index (χ2n) is 4.05. The van der Waals surface area contributed by atoms with Gasteiger partial charge in [0.25, 0.3) is 0 Å². The van der Waals surface area contributed by atoms with Gasteiger partial charge in [0.2, 0.25) is 5.76 Å². The summed E-state index contributed by atoms with van der Waals surface area (Å²) in [6.07, 6.45) is 0. The predicted octanol–water partition coefficient (Wildman–Crippen LogP) is 2.91. The number of hydrogen-bond donors (Lipinski definition) is 2. The summed E-state index contributed by atoms with van der Waals surface area (Å²) in [6.45, 7) is 2.22. The van der Waals surface area contributed by atoms with Crippen molar-refractivity contribution in [2.45, 2.75) is 13.5 Å². The van der Waals surface area contributed by atoms with E-state index >= 15 is 0 Å². The molecule has 0 spiro atoms. The molecule has 0 aliphatic rings. The number of para-hydroxylation sites is 2. The van der Waals surface area contributed by atoms with E-state index in [0.29, 0.717) is 12.3 Å². The van der Waals surface area contributed by atoms with E-state index in [2.05, 4.69) is 5.32 Å². The molecule has 19 heavy (non-hydrogen) atoms. The minimum absolute atomic E-state index is 0.0469. The summed E-state index contributed by atoms with van der Waals surface area (Å²) >= 11 is 0. The van der Waals surface area contributed by atoms with Crippen LogP contribution in [0.25, 0.3) is 0 Å². The lowest BCUT2D eigenvalue weighted by Gasteiger charge is -2.10. The molecule has 5 nitrogen and oxygen atoms in total. The van der Waals surface area contributed by atoms with E-state index in [-0.39, 0.29) is 5.76 Å². The third-order valence-corrected chi connectivity index (χ3v) is 2.81. The zero-order valence-electron chi connectivity index (χ0n) is 10.8. The number of hydrogen-bond acceptors (Lipinski definition) is 4. The fourth-order valence-corrected chi connectivity index (χ4v) is 1.78. The van der Waals surface area contributed by atoms with Crippen LogP contribution in [0, 0.1) is 6.92 Å². The van der Waals surface area contributed by atoms with E-state index in [0.717, 1.165) is 17.0 Å². The highest BCUT2D eigenvalue weighted by Crippen LogP contribution is 2.24. The van der Waals surface area contributed by atoms with Crippen molar-refractivity contribution in [2.24, 2.45) is 0 Å². The predicted molar refractivity (Wildman–Crippen MR) is 70.7 cm³/mol. The molecule has 0 fully saturated rings. The smallest absolute Gasteiger partial charge is 0.371 e. The molecule has 2 rings (SSSR count). The maximum absolute atomic E-state index is 10.8. The first-order valence-electron chi connectivity index (χ1n) is 5.81. The third-order valence-electron chi connectivity index (χ3n) is 2.81. The molecule has 1 aromatic carbocycles. The highest BCUT2D eigenvalue weighted by Gasteiger charge is 2.13. The second kappa shape index (κ2) is 5.48. The SMILES string of the molecule is COc1ccccc1NCc1cc(C(=O)O)oc1C. The van der Waals surface area contributed by atoms with Gasteiger partial charge in [-0.3, -0.25) is 0 Å². The first-order chi connectivity index (χ1) is 9.11. The van der Waals surface area contributed by atoms with Crippen LogP contribution in [0.3, 0.4) is 0 Å². The average molecular weight is 261 g/mol. The Morgan fingerprint density at radius 3 is 2.79 bits per heavy atom. The standard InChI is InChI=1S/C14H15NO4/c1-9-10(7-13(19-9)14(16)17)8-15-11-5-3-4-6-12(11)18-2/h3-7,15H,8H2,1-2H3,(H,16,17). The molecular weight excluding hydrogens is 246 g/mol. The van der Waals surface area contributed by atoms with Gasteiger partial charge in [-0.1, -0.05) is 12.1 Å². The lowest BCUT2D eigenvalue weighted by molar-refractivity contribution is 0.0661. The fourth-order valence-electron chi connectivity index (χ4n) is 1.78. The molecule has 0 amide bonds. The summed E-state index contributed by atoms with van der Waals surface area (Å²) in [6, 6.07) is 9.06. The maximum Gasteiger partial charge on any atom is 0.371 e. The summed E-state index contributed by atoms with van der Waals surface area (Å²) in [7, 11) is 1.60. The Labute approximate surface area is 110 Å². The van der Waals surface area contributed by atoms with Crippen LogP contribution in [0.2, 0.25) is 0 Å². The van der Waals surface area contributed by atoms with Crippen LogP contribution < -0.4 is 10.1 Å². The van der Waals surface area contributed by atoms with E-state index in [1.165, 1.54) is 6.07 Å². The fraction of sp³-hybridized carbons (Fsp3) is 0.214. The quantitative estimate of drug-likeness (QED) is 0.865. The summed E-state index contributed by atoms with van der Waals surface area (Å²) in [4.78, 5) is 10.8. The number of carboxylic acid groups (broad SMARTS) is 1. The van der Waals surface area contributed by atoms with Gasteiger partial charge in [0.1, 0.15) is 11.5 Å². The molecule has 100 valence electrons. The molecule has 0 bridgehead atoms. The van der Waals surface area contributed by atoms with Gasteiger partial charge < -0.3 is 19.6 Å². The number of benzene rings is 1. The van der Waals surface area contributed by atoms with Gasteiger partial charge in [0.05, 0.1) is 12.8 Å². The Morgan fingerprint density at radius 1 is 1.42 bits per heavy atom. The Morgan fingerprint density at radius 2 is 2.16 bits per heavy atom. The first-order valence-corrected chi connectivity index (χ1v) is 5.81. The van der Waals surface area contributed by atoms with Crippen LogP contribution in [0.1, 0.15) is 21.9 Å². The van der Waals surface area contributed by atoms with Crippen LogP contribution in [-0.2, 0) is 6.54 Å². The van der Waals surface area contributed by atoms with Crippen molar-refractivity contribution >= 4 is 11.7 Å². The van der Waals surface area contributed by atoms with Gasteiger partial charge in [-0.25, -0.2) is 4.79 Å². The highest BCUT2D eigenvalue weighted by atomic mass is 16.5. The minimum Gasteiger partial charge on any atom is -0.495 e. The van der Waals surface area contributed by atoms with Crippen LogP contribution in [-0.4, -0.2) is 18.2 Å². The van der Waals surface area contributed by atoms with Crippen molar-refractivity contribution in [1.82, 2.24) is 0 Å². The summed E-state index contributed by atoms with van der Waals surface area (Å²) in [5.74, 6) is 0.225. The normalized spacial score (nSPS) is 10.2. The Hall–Kier alpha value is -2.43. The molecule has 1 heterocycles. The van der Waals surface area contributed by atoms with Gasteiger partial charge in [0.15, 0.2) is 0 Å². The molecule has 1 aromatic heterocycles. The third kappa shape index (κ3) is 2.88. The van der Waals surface area contributed by atoms with Gasteiger partial charge in [0, 0.05) is 12.1 Å². The molecule has 0 aliphatic carbocycles. The first kappa shape index (κ1) is 13.0. The summed E-state index contributed by atoms with van der Waals surface area (Å²) < 4.78 is 10.4. The topological polar surface area (TPSA) is 71.7 Å². The van der Waals surface area contributed by atoms with Gasteiger partial charge >= 0.3 is 5.97 Å². The Kier molecular flexibility index (Phi) is 3.75. The van der Waals surface area contributed by atoms with Crippen molar-refractivity contribution in [3.63, 3.8) is 0 Å². The van der Waals surface area contributed by atoms with Crippen molar-refractivity contribution in [1.29, 1.82) is 0 Å². The van der Waals surface area contributed by atoms with Gasteiger partial charge in [-0.05, 0) is 25.1 Å². The lowest BCUT2D eigenvalue weighted by atomic mass is 10.2. The number of carbonyl (C=O) groups is 1. The van der Waals surface area contributed by atoms with Gasteiger partial charge in [-0.15, -0.1) is 0 Å². The molecule has 0 saturated heterocycles. The highest BCUT2D eigenvalue weighted by molar-refractivity contribution is 5.84. The van der Waals surface area contributed by atoms with Gasteiger partial charge in [-0.2, -0.15) is 0 Å². The second-order valence-corrected chi connectivity index (χ2v) is 4.05. The Bertz CT molecular complexity index is 589. The molecular formula is C14H15NO4. The zero-order chi connectivity index (χ0) is 13.8. The van der Waals surface area contributed by atoms with E-state index in [1.54, 1.807) is 14.0 Å². The molecule has 2 aromatic rings. The molecule has 0 radical (unpaired) electrons.